The molecule has 1 amide bonds. The highest BCUT2D eigenvalue weighted by atomic mass is 32.2. The lowest BCUT2D eigenvalue weighted by atomic mass is 10.0. The molecule has 6 nitrogen and oxygen atoms in total. The largest absolute Gasteiger partial charge is 0.391 e. The van der Waals surface area contributed by atoms with Gasteiger partial charge in [-0.15, -0.1) is 0 Å². The zero-order valence-corrected chi connectivity index (χ0v) is 17.4. The second-order valence-electron chi connectivity index (χ2n) is 7.60. The lowest BCUT2D eigenvalue weighted by Crippen LogP contribution is -2.35. The molecule has 0 saturated heterocycles. The van der Waals surface area contributed by atoms with Crippen molar-refractivity contribution in [2.45, 2.75) is 49.6 Å². The predicted octanol–water partition coefficient (Wildman–Crippen LogP) is 3.01. The summed E-state index contributed by atoms with van der Waals surface area (Å²) >= 11 is 0. The molecule has 1 fully saturated rings. The SMILES string of the molecule is CC(NS(=O)(=O)c1cccc(C(=O)NCC(O)C2CCCC2)c1)c1ccccc1. The minimum atomic E-state index is -3.79. The van der Waals surface area contributed by atoms with Crippen LogP contribution in [0, 0.1) is 5.92 Å². The Kier molecular flexibility index (Phi) is 7.05. The topological polar surface area (TPSA) is 95.5 Å². The lowest BCUT2D eigenvalue weighted by Gasteiger charge is -2.18. The highest BCUT2D eigenvalue weighted by Gasteiger charge is 2.24. The molecule has 3 N–H and O–H groups in total. The average molecular weight is 417 g/mol. The van der Waals surface area contributed by atoms with Crippen LogP contribution in [0.2, 0.25) is 0 Å². The van der Waals surface area contributed by atoms with Crippen LogP contribution >= 0.6 is 0 Å². The Morgan fingerprint density at radius 3 is 2.48 bits per heavy atom. The zero-order chi connectivity index (χ0) is 20.9. The number of rotatable bonds is 8. The van der Waals surface area contributed by atoms with Gasteiger partial charge >= 0.3 is 0 Å². The van der Waals surface area contributed by atoms with Gasteiger partial charge in [0, 0.05) is 18.2 Å². The average Bonchev–Trinajstić information content (AvgIpc) is 3.27. The van der Waals surface area contributed by atoms with E-state index in [-0.39, 0.29) is 22.9 Å². The van der Waals surface area contributed by atoms with Crippen molar-refractivity contribution in [1.29, 1.82) is 0 Å². The third-order valence-electron chi connectivity index (χ3n) is 5.45. The molecule has 0 aliphatic heterocycles. The predicted molar refractivity (Wildman–Crippen MR) is 112 cm³/mol. The van der Waals surface area contributed by atoms with Crippen LogP contribution in [-0.2, 0) is 10.0 Å². The number of carbonyl (C=O) groups excluding carboxylic acids is 1. The maximum absolute atomic E-state index is 12.7. The third kappa shape index (κ3) is 5.65. The molecule has 1 saturated carbocycles. The van der Waals surface area contributed by atoms with Crippen LogP contribution in [0.15, 0.2) is 59.5 Å². The quantitative estimate of drug-likeness (QED) is 0.616. The van der Waals surface area contributed by atoms with E-state index < -0.39 is 28.1 Å². The fourth-order valence-corrected chi connectivity index (χ4v) is 5.00. The highest BCUT2D eigenvalue weighted by molar-refractivity contribution is 7.89. The molecule has 3 rings (SSSR count). The van der Waals surface area contributed by atoms with Crippen LogP contribution in [0.5, 0.6) is 0 Å². The summed E-state index contributed by atoms with van der Waals surface area (Å²) in [5.41, 5.74) is 1.10. The van der Waals surface area contributed by atoms with E-state index in [4.69, 9.17) is 0 Å². The molecule has 2 atom stereocenters. The van der Waals surface area contributed by atoms with Crippen LogP contribution in [0.25, 0.3) is 0 Å². The molecule has 2 aromatic rings. The molecule has 0 bridgehead atoms. The van der Waals surface area contributed by atoms with Gasteiger partial charge in [0.2, 0.25) is 10.0 Å². The van der Waals surface area contributed by atoms with E-state index in [1.807, 2.05) is 30.3 Å². The lowest BCUT2D eigenvalue weighted by molar-refractivity contribution is 0.0840. The van der Waals surface area contributed by atoms with Crippen molar-refractivity contribution in [1.82, 2.24) is 10.0 Å². The van der Waals surface area contributed by atoms with Crippen LogP contribution in [0.4, 0.5) is 0 Å². The van der Waals surface area contributed by atoms with E-state index in [0.29, 0.717) is 0 Å². The van der Waals surface area contributed by atoms with Gasteiger partial charge < -0.3 is 10.4 Å². The number of nitrogens with one attached hydrogen (secondary N) is 2. The monoisotopic (exact) mass is 416 g/mol. The van der Waals surface area contributed by atoms with Gasteiger partial charge in [0.1, 0.15) is 0 Å². The molecule has 2 unspecified atom stereocenters. The van der Waals surface area contributed by atoms with Crippen LogP contribution in [0.1, 0.15) is 54.6 Å². The Morgan fingerprint density at radius 1 is 1.10 bits per heavy atom. The van der Waals surface area contributed by atoms with Crippen LogP contribution in [-0.4, -0.2) is 32.1 Å². The fourth-order valence-electron chi connectivity index (χ4n) is 3.72. The third-order valence-corrected chi connectivity index (χ3v) is 6.99. The normalized spacial score (nSPS) is 17.0. The number of aliphatic hydroxyl groups is 1. The fraction of sp³-hybridized carbons (Fsp3) is 0.409. The van der Waals surface area contributed by atoms with Gasteiger partial charge in [-0.05, 0) is 49.4 Å². The van der Waals surface area contributed by atoms with E-state index in [2.05, 4.69) is 10.0 Å². The number of sulfonamides is 1. The first-order valence-corrected chi connectivity index (χ1v) is 11.5. The second-order valence-corrected chi connectivity index (χ2v) is 9.32. The summed E-state index contributed by atoms with van der Waals surface area (Å²) < 4.78 is 28.1. The summed E-state index contributed by atoms with van der Waals surface area (Å²) in [6, 6.07) is 14.8. The van der Waals surface area contributed by atoms with E-state index in [1.54, 1.807) is 19.1 Å². The summed E-state index contributed by atoms with van der Waals surface area (Å²) in [6.45, 7) is 1.94. The molecule has 0 spiro atoms. The van der Waals surface area contributed by atoms with E-state index >= 15 is 0 Å². The first-order chi connectivity index (χ1) is 13.9. The summed E-state index contributed by atoms with van der Waals surface area (Å²) in [5.74, 6) is -0.166. The number of benzene rings is 2. The first kappa shape index (κ1) is 21.5. The molecule has 0 aromatic heterocycles. The van der Waals surface area contributed by atoms with Gasteiger partial charge in [0.25, 0.3) is 5.91 Å². The summed E-state index contributed by atoms with van der Waals surface area (Å²) in [5, 5.41) is 12.9. The molecule has 0 heterocycles. The zero-order valence-electron chi connectivity index (χ0n) is 16.5. The minimum Gasteiger partial charge on any atom is -0.391 e. The smallest absolute Gasteiger partial charge is 0.251 e. The van der Waals surface area contributed by atoms with Crippen molar-refractivity contribution in [2.75, 3.05) is 6.54 Å². The van der Waals surface area contributed by atoms with Gasteiger partial charge in [-0.3, -0.25) is 4.79 Å². The Morgan fingerprint density at radius 2 is 1.79 bits per heavy atom. The number of aliphatic hydroxyl groups excluding tert-OH is 1. The van der Waals surface area contributed by atoms with Gasteiger partial charge in [-0.1, -0.05) is 49.2 Å². The molecule has 29 heavy (non-hydrogen) atoms. The van der Waals surface area contributed by atoms with Crippen molar-refractivity contribution < 1.29 is 18.3 Å². The first-order valence-electron chi connectivity index (χ1n) is 10.0. The Balaban J connectivity index is 1.65. The van der Waals surface area contributed by atoms with Gasteiger partial charge in [-0.2, -0.15) is 0 Å². The van der Waals surface area contributed by atoms with Crippen molar-refractivity contribution in [2.24, 2.45) is 5.92 Å². The number of hydrogen-bond acceptors (Lipinski definition) is 4. The van der Waals surface area contributed by atoms with Crippen molar-refractivity contribution in [3.63, 3.8) is 0 Å². The Bertz CT molecular complexity index is 925. The van der Waals surface area contributed by atoms with Crippen LogP contribution < -0.4 is 10.0 Å². The maximum Gasteiger partial charge on any atom is 0.251 e. The summed E-state index contributed by atoms with van der Waals surface area (Å²) in [4.78, 5) is 12.5. The summed E-state index contributed by atoms with van der Waals surface area (Å²) in [7, 11) is -3.79. The maximum atomic E-state index is 12.7. The van der Waals surface area contributed by atoms with E-state index in [0.717, 1.165) is 31.2 Å². The second kappa shape index (κ2) is 9.52. The Hall–Kier alpha value is -2.22. The molecule has 156 valence electrons. The summed E-state index contributed by atoms with van der Waals surface area (Å²) in [6.07, 6.45) is 3.63. The molecule has 2 aromatic carbocycles. The van der Waals surface area contributed by atoms with Gasteiger partial charge in [0.05, 0.1) is 11.0 Å². The molecule has 7 heteroatoms. The number of carbonyl (C=O) groups is 1. The molecular formula is C22H28N2O4S. The van der Waals surface area contributed by atoms with Gasteiger partial charge in [0.15, 0.2) is 0 Å². The van der Waals surface area contributed by atoms with Gasteiger partial charge in [-0.25, -0.2) is 13.1 Å². The van der Waals surface area contributed by atoms with E-state index in [9.17, 15) is 18.3 Å². The molecular weight excluding hydrogens is 388 g/mol. The van der Waals surface area contributed by atoms with Crippen molar-refractivity contribution in [3.05, 3.63) is 65.7 Å². The molecule has 1 aliphatic carbocycles. The van der Waals surface area contributed by atoms with Crippen molar-refractivity contribution in [3.8, 4) is 0 Å². The standard InChI is InChI=1S/C22H28N2O4S/c1-16(17-8-3-2-4-9-17)24-29(27,28)20-13-7-12-19(14-20)22(26)23-15-21(25)18-10-5-6-11-18/h2-4,7-9,12-14,16,18,21,24-25H,5-6,10-11,15H2,1H3,(H,23,26). The van der Waals surface area contributed by atoms with E-state index in [1.165, 1.54) is 12.1 Å². The Labute approximate surface area is 172 Å². The van der Waals surface area contributed by atoms with Crippen molar-refractivity contribution >= 4 is 15.9 Å². The van der Waals surface area contributed by atoms with Crippen LogP contribution in [0.3, 0.4) is 0 Å². The number of amides is 1. The molecule has 1 aliphatic rings. The minimum absolute atomic E-state index is 0.0317. The number of hydrogen-bond donors (Lipinski definition) is 3. The molecule has 0 radical (unpaired) electrons. The highest BCUT2D eigenvalue weighted by Crippen LogP contribution is 2.27.